The van der Waals surface area contributed by atoms with Gasteiger partial charge >= 0.3 is 0 Å². The summed E-state index contributed by atoms with van der Waals surface area (Å²) in [5.74, 6) is -1.17. The fraction of sp³-hybridized carbons (Fsp3) is 0. The number of fused-ring (bicyclic) bond motifs is 1. The number of carbonyl (C=O) groups excluding carboxylic acids is 2. The number of para-hydroxylation sites is 1. The molecular weight excluding hydrogens is 372 g/mol. The number of nitrogens with zero attached hydrogens (tertiary/aromatic N) is 1. The van der Waals surface area contributed by atoms with Gasteiger partial charge in [0, 0.05) is 4.47 Å². The summed E-state index contributed by atoms with van der Waals surface area (Å²) in [5.41, 5.74) is 0.378. The van der Waals surface area contributed by atoms with Gasteiger partial charge in [-0.25, -0.2) is 18.5 Å². The lowest BCUT2D eigenvalue weighted by molar-refractivity contribution is 0.0925. The molecule has 1 aliphatic rings. The maximum Gasteiger partial charge on any atom is 0.266 e. The molecule has 0 bridgehead atoms. The molecule has 0 saturated heterocycles. The van der Waals surface area contributed by atoms with E-state index < -0.39 is 21.8 Å². The Kier molecular flexibility index (Phi) is 3.39. The number of carbonyl (C=O) groups is 2. The molecule has 22 heavy (non-hydrogen) atoms. The van der Waals surface area contributed by atoms with Crippen LogP contribution >= 0.6 is 15.9 Å². The van der Waals surface area contributed by atoms with Crippen LogP contribution in [0.25, 0.3) is 0 Å². The Labute approximate surface area is 134 Å². The minimum atomic E-state index is -4.10. The zero-order valence-electron chi connectivity index (χ0n) is 11.0. The fourth-order valence-electron chi connectivity index (χ4n) is 2.33. The third-order valence-corrected chi connectivity index (χ3v) is 4.86. The SMILES string of the molecule is NS(=O)(=O)c1cccc(Br)c1N1C(=O)c2ccccc2C1=O. The second kappa shape index (κ2) is 5.01. The Bertz CT molecular complexity index is 889. The molecule has 6 nitrogen and oxygen atoms in total. The Morgan fingerprint density at radius 2 is 1.45 bits per heavy atom. The third kappa shape index (κ3) is 2.16. The molecule has 0 atom stereocenters. The van der Waals surface area contributed by atoms with Crippen molar-refractivity contribution in [2.24, 2.45) is 5.14 Å². The lowest BCUT2D eigenvalue weighted by Crippen LogP contribution is -2.32. The minimum absolute atomic E-state index is 0.0730. The van der Waals surface area contributed by atoms with Crippen molar-refractivity contribution in [3.05, 3.63) is 58.1 Å². The number of halogens is 1. The Morgan fingerprint density at radius 3 is 1.95 bits per heavy atom. The summed E-state index contributed by atoms with van der Waals surface area (Å²) in [6, 6.07) is 10.5. The van der Waals surface area contributed by atoms with Crippen LogP contribution in [-0.4, -0.2) is 20.2 Å². The summed E-state index contributed by atoms with van der Waals surface area (Å²) < 4.78 is 23.8. The van der Waals surface area contributed by atoms with E-state index >= 15 is 0 Å². The van der Waals surface area contributed by atoms with Crippen molar-refractivity contribution in [2.75, 3.05) is 4.90 Å². The molecule has 2 amide bonds. The Morgan fingerprint density at radius 1 is 0.909 bits per heavy atom. The van der Waals surface area contributed by atoms with E-state index in [1.54, 1.807) is 12.1 Å². The Balaban J connectivity index is 2.27. The number of amides is 2. The maximum absolute atomic E-state index is 12.5. The van der Waals surface area contributed by atoms with Gasteiger partial charge in [0.25, 0.3) is 11.8 Å². The molecular formula is C14H9BrN2O4S. The minimum Gasteiger partial charge on any atom is -0.268 e. The molecule has 0 spiro atoms. The van der Waals surface area contributed by atoms with Crippen molar-refractivity contribution in [1.29, 1.82) is 0 Å². The van der Waals surface area contributed by atoms with E-state index in [4.69, 9.17) is 5.14 Å². The molecule has 0 radical (unpaired) electrons. The van der Waals surface area contributed by atoms with Crippen molar-refractivity contribution in [1.82, 2.24) is 0 Å². The number of primary sulfonamides is 1. The van der Waals surface area contributed by atoms with Crippen LogP contribution in [0.2, 0.25) is 0 Å². The van der Waals surface area contributed by atoms with Gasteiger partial charge in [-0.05, 0) is 40.2 Å². The van der Waals surface area contributed by atoms with Gasteiger partial charge in [-0.3, -0.25) is 9.59 Å². The van der Waals surface area contributed by atoms with Crippen molar-refractivity contribution < 1.29 is 18.0 Å². The predicted octanol–water partition coefficient (Wildman–Crippen LogP) is 1.90. The maximum atomic E-state index is 12.5. The molecule has 112 valence electrons. The molecule has 2 aromatic carbocycles. The number of nitrogens with two attached hydrogens (primary N) is 1. The highest BCUT2D eigenvalue weighted by atomic mass is 79.9. The van der Waals surface area contributed by atoms with Crippen LogP contribution in [0.4, 0.5) is 5.69 Å². The molecule has 8 heteroatoms. The van der Waals surface area contributed by atoms with Gasteiger partial charge in [0.1, 0.15) is 4.90 Å². The van der Waals surface area contributed by atoms with Gasteiger partial charge in [-0.1, -0.05) is 18.2 Å². The number of rotatable bonds is 2. The average molecular weight is 381 g/mol. The van der Waals surface area contributed by atoms with E-state index in [1.807, 2.05) is 0 Å². The fourth-order valence-corrected chi connectivity index (χ4v) is 3.75. The summed E-state index contributed by atoms with van der Waals surface area (Å²) in [4.78, 5) is 25.5. The summed E-state index contributed by atoms with van der Waals surface area (Å²) >= 11 is 3.18. The molecule has 0 saturated carbocycles. The molecule has 2 aromatic rings. The molecule has 1 aliphatic heterocycles. The van der Waals surface area contributed by atoms with Gasteiger partial charge in [-0.2, -0.15) is 0 Å². The van der Waals surface area contributed by atoms with E-state index in [0.29, 0.717) is 0 Å². The van der Waals surface area contributed by atoms with Gasteiger partial charge in [0.15, 0.2) is 0 Å². The predicted molar refractivity (Wildman–Crippen MR) is 83.1 cm³/mol. The lowest BCUT2D eigenvalue weighted by Gasteiger charge is -2.18. The first-order valence-electron chi connectivity index (χ1n) is 6.11. The first-order valence-corrected chi connectivity index (χ1v) is 8.45. The van der Waals surface area contributed by atoms with Gasteiger partial charge in [0.05, 0.1) is 16.8 Å². The first-order chi connectivity index (χ1) is 10.3. The van der Waals surface area contributed by atoms with E-state index in [1.165, 1.54) is 30.3 Å². The second-order valence-corrected chi connectivity index (χ2v) is 7.01. The molecule has 2 N–H and O–H groups in total. The van der Waals surface area contributed by atoms with Crippen molar-refractivity contribution in [3.8, 4) is 0 Å². The van der Waals surface area contributed by atoms with Crippen molar-refractivity contribution in [3.63, 3.8) is 0 Å². The molecule has 0 unspecified atom stereocenters. The Hall–Kier alpha value is -2.03. The van der Waals surface area contributed by atoms with Crippen LogP contribution in [0.1, 0.15) is 20.7 Å². The van der Waals surface area contributed by atoms with Crippen LogP contribution in [-0.2, 0) is 10.0 Å². The molecule has 0 fully saturated rings. The van der Waals surface area contributed by atoms with Crippen LogP contribution in [0.5, 0.6) is 0 Å². The molecule has 0 aromatic heterocycles. The largest absolute Gasteiger partial charge is 0.268 e. The normalized spacial score (nSPS) is 14.4. The lowest BCUT2D eigenvalue weighted by atomic mass is 10.1. The van der Waals surface area contributed by atoms with Gasteiger partial charge in [-0.15, -0.1) is 0 Å². The monoisotopic (exact) mass is 380 g/mol. The first kappa shape index (κ1) is 14.9. The van der Waals surface area contributed by atoms with Gasteiger partial charge < -0.3 is 0 Å². The van der Waals surface area contributed by atoms with Crippen LogP contribution < -0.4 is 10.0 Å². The highest BCUT2D eigenvalue weighted by Crippen LogP contribution is 2.37. The summed E-state index contributed by atoms with van der Waals surface area (Å²) in [7, 11) is -4.10. The highest BCUT2D eigenvalue weighted by molar-refractivity contribution is 9.10. The number of hydrogen-bond donors (Lipinski definition) is 1. The summed E-state index contributed by atoms with van der Waals surface area (Å²) in [6.07, 6.45) is 0. The zero-order valence-corrected chi connectivity index (χ0v) is 13.4. The number of sulfonamides is 1. The van der Waals surface area contributed by atoms with Crippen LogP contribution in [0.3, 0.4) is 0 Å². The standard InChI is InChI=1S/C14H9BrN2O4S/c15-10-6-3-7-11(22(16,20)21)12(10)17-13(18)8-4-1-2-5-9(8)14(17)19/h1-7H,(H2,16,20,21). The number of benzene rings is 2. The molecule has 1 heterocycles. The smallest absolute Gasteiger partial charge is 0.266 e. The topological polar surface area (TPSA) is 97.5 Å². The van der Waals surface area contributed by atoms with Gasteiger partial charge in [0.2, 0.25) is 10.0 Å². The summed E-state index contributed by atoms with van der Waals surface area (Å²) in [6.45, 7) is 0. The van der Waals surface area contributed by atoms with E-state index in [0.717, 1.165) is 4.90 Å². The van der Waals surface area contributed by atoms with Crippen molar-refractivity contribution in [2.45, 2.75) is 4.90 Å². The average Bonchev–Trinajstić information content (AvgIpc) is 2.71. The summed E-state index contributed by atoms with van der Waals surface area (Å²) in [5, 5.41) is 5.19. The van der Waals surface area contributed by atoms with Crippen LogP contribution in [0, 0.1) is 0 Å². The number of anilines is 1. The third-order valence-electron chi connectivity index (χ3n) is 3.27. The molecule has 3 rings (SSSR count). The highest BCUT2D eigenvalue weighted by Gasteiger charge is 2.39. The molecule has 0 aliphatic carbocycles. The quantitative estimate of drug-likeness (QED) is 0.804. The van der Waals surface area contributed by atoms with E-state index in [-0.39, 0.29) is 26.2 Å². The second-order valence-electron chi connectivity index (χ2n) is 4.62. The van der Waals surface area contributed by atoms with E-state index in [9.17, 15) is 18.0 Å². The van der Waals surface area contributed by atoms with E-state index in [2.05, 4.69) is 15.9 Å². The van der Waals surface area contributed by atoms with Crippen molar-refractivity contribution >= 4 is 43.5 Å². The van der Waals surface area contributed by atoms with Crippen LogP contribution in [0.15, 0.2) is 51.8 Å². The zero-order chi connectivity index (χ0) is 16.1. The number of hydrogen-bond acceptors (Lipinski definition) is 4. The number of imide groups is 1.